The maximum absolute atomic E-state index is 12.8. The number of carbonyl (C=O) groups is 1. The number of hydrogen-bond donors (Lipinski definition) is 2. The smallest absolute Gasteiger partial charge is 0.170 e. The minimum atomic E-state index is -0.388. The van der Waals surface area contributed by atoms with Crippen LogP contribution in [-0.4, -0.2) is 18.7 Å². The molecule has 0 radical (unpaired) electrons. The molecule has 0 amide bonds. The molecule has 0 spiro atoms. The molecule has 0 aliphatic carbocycles. The first-order valence-electron chi connectivity index (χ1n) is 6.59. The lowest BCUT2D eigenvalue weighted by Crippen LogP contribution is -2.16. The van der Waals surface area contributed by atoms with Gasteiger partial charge in [0.2, 0.25) is 0 Å². The van der Waals surface area contributed by atoms with Crippen LogP contribution >= 0.6 is 0 Å². The van der Waals surface area contributed by atoms with E-state index in [1.165, 1.54) is 31.4 Å². The van der Waals surface area contributed by atoms with Crippen molar-refractivity contribution in [2.75, 3.05) is 12.6 Å². The summed E-state index contributed by atoms with van der Waals surface area (Å²) in [6.07, 6.45) is -0.0342. The van der Waals surface area contributed by atoms with Crippen molar-refractivity contribution in [3.05, 3.63) is 59.9 Å². The van der Waals surface area contributed by atoms with Crippen LogP contribution in [0.1, 0.15) is 16.8 Å². The topological polar surface area (TPSA) is 76.7 Å². The van der Waals surface area contributed by atoms with E-state index in [2.05, 4.69) is 10.5 Å². The molecule has 2 aromatic rings. The molecule has 0 saturated carbocycles. The highest BCUT2D eigenvalue weighted by Gasteiger charge is 2.08. The number of amidine groups is 1. The summed E-state index contributed by atoms with van der Waals surface area (Å²) < 4.78 is 12.8. The second-order valence-electron chi connectivity index (χ2n) is 4.57. The maximum Gasteiger partial charge on any atom is 0.170 e. The number of nitrogens with zero attached hydrogens (tertiary/aromatic N) is 1. The Hall–Kier alpha value is -2.73. The third-order valence-corrected chi connectivity index (χ3v) is 2.85. The first-order valence-corrected chi connectivity index (χ1v) is 6.59. The van der Waals surface area contributed by atoms with Crippen LogP contribution in [0.5, 0.6) is 0 Å². The van der Waals surface area contributed by atoms with Crippen molar-refractivity contribution in [2.24, 2.45) is 10.7 Å². The highest BCUT2D eigenvalue weighted by molar-refractivity contribution is 6.09. The fourth-order valence-corrected chi connectivity index (χ4v) is 1.86. The molecule has 6 heteroatoms. The third kappa shape index (κ3) is 4.39. The van der Waals surface area contributed by atoms with Crippen molar-refractivity contribution in [2.45, 2.75) is 6.42 Å². The lowest BCUT2D eigenvalue weighted by molar-refractivity contribution is 0.100. The minimum absolute atomic E-state index is 0.0342. The number of nitrogens with one attached hydrogen (secondary N) is 1. The molecule has 2 rings (SSSR count). The summed E-state index contributed by atoms with van der Waals surface area (Å²) in [6.45, 7) is 0. The molecule has 3 N–H and O–H groups in total. The Kier molecular flexibility index (Phi) is 5.21. The average molecular weight is 301 g/mol. The standard InChI is InChI=1S/C16H16FN3O2/c1-22-20-14-4-2-3-13(9-14)19-16(18)10-15(21)11-5-7-12(17)8-6-11/h2-9,20H,10H2,1H3,(H2,18,19). The lowest BCUT2D eigenvalue weighted by atomic mass is 10.1. The van der Waals surface area contributed by atoms with Gasteiger partial charge in [0.25, 0.3) is 0 Å². The zero-order valence-electron chi connectivity index (χ0n) is 12.0. The van der Waals surface area contributed by atoms with E-state index in [0.29, 0.717) is 11.3 Å². The molecule has 0 aliphatic heterocycles. The number of carbonyl (C=O) groups excluding carboxylic acids is 1. The molecule has 0 unspecified atom stereocenters. The number of ketones is 1. The molecule has 0 aromatic heterocycles. The van der Waals surface area contributed by atoms with Crippen LogP contribution in [0.3, 0.4) is 0 Å². The largest absolute Gasteiger partial charge is 0.387 e. The second kappa shape index (κ2) is 7.33. The first kappa shape index (κ1) is 15.7. The predicted molar refractivity (Wildman–Crippen MR) is 83.7 cm³/mol. The summed E-state index contributed by atoms with van der Waals surface area (Å²) in [6, 6.07) is 12.4. The van der Waals surface area contributed by atoms with Gasteiger partial charge in [-0.1, -0.05) is 6.07 Å². The highest BCUT2D eigenvalue weighted by atomic mass is 19.1. The molecule has 0 saturated heterocycles. The Morgan fingerprint density at radius 1 is 1.27 bits per heavy atom. The van der Waals surface area contributed by atoms with Gasteiger partial charge in [0.05, 0.1) is 24.9 Å². The van der Waals surface area contributed by atoms with E-state index in [-0.39, 0.29) is 23.9 Å². The van der Waals surface area contributed by atoms with E-state index < -0.39 is 0 Å². The molecule has 0 heterocycles. The molecular formula is C16H16FN3O2. The number of rotatable bonds is 6. The number of hydrogen-bond acceptors (Lipinski definition) is 4. The normalized spacial score (nSPS) is 11.3. The van der Waals surface area contributed by atoms with Gasteiger partial charge >= 0.3 is 0 Å². The highest BCUT2D eigenvalue weighted by Crippen LogP contribution is 2.18. The van der Waals surface area contributed by atoms with Gasteiger partial charge in [0, 0.05) is 5.56 Å². The van der Waals surface area contributed by atoms with Crippen molar-refractivity contribution in [3.8, 4) is 0 Å². The summed E-state index contributed by atoms with van der Waals surface area (Å²) >= 11 is 0. The second-order valence-corrected chi connectivity index (χ2v) is 4.57. The van der Waals surface area contributed by atoms with Gasteiger partial charge in [-0.25, -0.2) is 9.38 Å². The molecule has 0 aliphatic rings. The van der Waals surface area contributed by atoms with Crippen LogP contribution in [-0.2, 0) is 4.84 Å². The van der Waals surface area contributed by atoms with Crippen molar-refractivity contribution >= 4 is 23.0 Å². The maximum atomic E-state index is 12.8. The van der Waals surface area contributed by atoms with Gasteiger partial charge in [-0.15, -0.1) is 0 Å². The van der Waals surface area contributed by atoms with E-state index in [1.54, 1.807) is 18.2 Å². The van der Waals surface area contributed by atoms with Crippen molar-refractivity contribution < 1.29 is 14.0 Å². The SMILES string of the molecule is CONc1cccc(N=C(N)CC(=O)c2ccc(F)cc2)c1. The van der Waals surface area contributed by atoms with Crippen LogP contribution in [0, 0.1) is 5.82 Å². The number of benzene rings is 2. The van der Waals surface area contributed by atoms with Gasteiger partial charge < -0.3 is 5.73 Å². The Bertz CT molecular complexity index is 684. The molecular weight excluding hydrogens is 285 g/mol. The van der Waals surface area contributed by atoms with Crippen LogP contribution in [0.2, 0.25) is 0 Å². The third-order valence-electron chi connectivity index (χ3n) is 2.85. The molecule has 5 nitrogen and oxygen atoms in total. The predicted octanol–water partition coefficient (Wildman–Crippen LogP) is 3.06. The van der Waals surface area contributed by atoms with Crippen LogP contribution in [0.15, 0.2) is 53.5 Å². The average Bonchev–Trinajstić information content (AvgIpc) is 2.48. The monoisotopic (exact) mass is 301 g/mol. The van der Waals surface area contributed by atoms with E-state index in [0.717, 1.165) is 5.69 Å². The van der Waals surface area contributed by atoms with Crippen molar-refractivity contribution in [3.63, 3.8) is 0 Å². The molecule has 0 fully saturated rings. The van der Waals surface area contributed by atoms with Crippen LogP contribution in [0.4, 0.5) is 15.8 Å². The molecule has 2 aromatic carbocycles. The lowest BCUT2D eigenvalue weighted by Gasteiger charge is -2.04. The number of aliphatic imine (C=N–C) groups is 1. The summed E-state index contributed by atoms with van der Waals surface area (Å²) in [7, 11) is 1.51. The van der Waals surface area contributed by atoms with Gasteiger partial charge in [-0.3, -0.25) is 15.1 Å². The first-order chi connectivity index (χ1) is 10.6. The van der Waals surface area contributed by atoms with Gasteiger partial charge in [0.1, 0.15) is 11.7 Å². The summed E-state index contributed by atoms with van der Waals surface area (Å²) in [5.74, 6) is -0.419. The number of Topliss-reactive ketones (excluding diaryl/α,β-unsaturated/α-hetero) is 1. The fourth-order valence-electron chi connectivity index (χ4n) is 1.86. The number of anilines is 1. The van der Waals surface area contributed by atoms with Crippen LogP contribution < -0.4 is 11.2 Å². The van der Waals surface area contributed by atoms with E-state index in [9.17, 15) is 9.18 Å². The van der Waals surface area contributed by atoms with Crippen molar-refractivity contribution in [1.29, 1.82) is 0 Å². The molecule has 22 heavy (non-hydrogen) atoms. The van der Waals surface area contributed by atoms with Crippen molar-refractivity contribution in [1.82, 2.24) is 0 Å². The number of halogens is 1. The summed E-state index contributed by atoms with van der Waals surface area (Å²) in [5, 5.41) is 0. The van der Waals surface area contributed by atoms with E-state index in [4.69, 9.17) is 10.6 Å². The number of nitrogens with two attached hydrogens (primary N) is 1. The summed E-state index contributed by atoms with van der Waals surface area (Å²) in [5.41, 5.74) is 10.2. The molecule has 0 atom stereocenters. The van der Waals surface area contributed by atoms with E-state index in [1.807, 2.05) is 6.07 Å². The quantitative estimate of drug-likeness (QED) is 0.372. The minimum Gasteiger partial charge on any atom is -0.387 e. The Balaban J connectivity index is 2.07. The summed E-state index contributed by atoms with van der Waals surface area (Å²) in [4.78, 5) is 21.0. The zero-order chi connectivity index (χ0) is 15.9. The molecule has 0 bridgehead atoms. The van der Waals surface area contributed by atoms with Gasteiger partial charge in [0.15, 0.2) is 5.78 Å². The Labute approximate surface area is 127 Å². The van der Waals surface area contributed by atoms with Gasteiger partial charge in [-0.2, -0.15) is 0 Å². The Morgan fingerprint density at radius 3 is 2.68 bits per heavy atom. The fraction of sp³-hybridized carbons (Fsp3) is 0.125. The Morgan fingerprint density at radius 2 is 2.00 bits per heavy atom. The van der Waals surface area contributed by atoms with E-state index >= 15 is 0 Å². The van der Waals surface area contributed by atoms with Gasteiger partial charge in [-0.05, 0) is 42.5 Å². The molecule has 114 valence electrons. The van der Waals surface area contributed by atoms with Crippen LogP contribution in [0.25, 0.3) is 0 Å². The zero-order valence-corrected chi connectivity index (χ0v) is 12.0.